The highest BCUT2D eigenvalue weighted by Crippen LogP contribution is 2.23. The van der Waals surface area contributed by atoms with E-state index in [-0.39, 0.29) is 11.9 Å². The van der Waals surface area contributed by atoms with Crippen molar-refractivity contribution in [3.8, 4) is 5.75 Å². The molecule has 1 fully saturated rings. The highest BCUT2D eigenvalue weighted by atomic mass is 79.9. The predicted octanol–water partition coefficient (Wildman–Crippen LogP) is 2.33. The molecule has 2 rings (SSSR count). The second kappa shape index (κ2) is 4.28. The summed E-state index contributed by atoms with van der Waals surface area (Å²) >= 11 is 3.12. The van der Waals surface area contributed by atoms with Crippen molar-refractivity contribution in [3.05, 3.63) is 28.5 Å². The normalized spacial score (nSPS) is 21.1. The van der Waals surface area contributed by atoms with Crippen LogP contribution in [-0.4, -0.2) is 19.2 Å². The highest BCUT2D eigenvalue weighted by molar-refractivity contribution is 9.10. The Hall–Kier alpha value is -0.610. The van der Waals surface area contributed by atoms with Gasteiger partial charge in [-0.25, -0.2) is 4.39 Å². The summed E-state index contributed by atoms with van der Waals surface area (Å²) in [5.41, 5.74) is 0. The van der Waals surface area contributed by atoms with Crippen molar-refractivity contribution in [1.29, 1.82) is 0 Å². The summed E-state index contributed by atoms with van der Waals surface area (Å²) in [5, 5.41) is 3.21. The van der Waals surface area contributed by atoms with Gasteiger partial charge in [0.1, 0.15) is 17.7 Å². The maximum absolute atomic E-state index is 12.9. The van der Waals surface area contributed by atoms with Crippen molar-refractivity contribution in [2.24, 2.45) is 0 Å². The Labute approximate surface area is 90.6 Å². The van der Waals surface area contributed by atoms with Crippen molar-refractivity contribution in [2.45, 2.75) is 12.5 Å². The van der Waals surface area contributed by atoms with Crippen molar-refractivity contribution in [1.82, 2.24) is 5.32 Å². The molecule has 1 aliphatic rings. The van der Waals surface area contributed by atoms with Gasteiger partial charge in [0.15, 0.2) is 0 Å². The second-order valence-electron chi connectivity index (χ2n) is 3.31. The van der Waals surface area contributed by atoms with E-state index in [4.69, 9.17) is 4.74 Å². The maximum atomic E-state index is 12.9. The summed E-state index contributed by atoms with van der Waals surface area (Å²) < 4.78 is 19.0. The molecule has 0 bridgehead atoms. The summed E-state index contributed by atoms with van der Waals surface area (Å²) in [6, 6.07) is 4.72. The van der Waals surface area contributed by atoms with E-state index in [1.165, 1.54) is 6.07 Å². The van der Waals surface area contributed by atoms with Crippen LogP contribution in [0.5, 0.6) is 5.75 Å². The SMILES string of the molecule is Fc1ccc(O[C@H]2CCNC2)cc1Br. The molecule has 76 valence electrons. The van der Waals surface area contributed by atoms with Gasteiger partial charge in [0.05, 0.1) is 4.47 Å². The molecule has 0 spiro atoms. The number of nitrogens with one attached hydrogen (secondary N) is 1. The summed E-state index contributed by atoms with van der Waals surface area (Å²) in [4.78, 5) is 0. The molecule has 0 saturated carbocycles. The third-order valence-electron chi connectivity index (χ3n) is 2.21. The lowest BCUT2D eigenvalue weighted by atomic mass is 10.3. The van der Waals surface area contributed by atoms with Gasteiger partial charge in [0.25, 0.3) is 0 Å². The zero-order valence-electron chi connectivity index (χ0n) is 7.59. The molecule has 2 nitrogen and oxygen atoms in total. The fraction of sp³-hybridized carbons (Fsp3) is 0.400. The topological polar surface area (TPSA) is 21.3 Å². The van der Waals surface area contributed by atoms with Gasteiger partial charge in [0, 0.05) is 6.54 Å². The summed E-state index contributed by atoms with van der Waals surface area (Å²) in [6.07, 6.45) is 1.22. The molecule has 14 heavy (non-hydrogen) atoms. The minimum Gasteiger partial charge on any atom is -0.489 e. The Morgan fingerprint density at radius 2 is 2.36 bits per heavy atom. The Morgan fingerprint density at radius 1 is 1.50 bits per heavy atom. The molecule has 1 aromatic rings. The van der Waals surface area contributed by atoms with Gasteiger partial charge >= 0.3 is 0 Å². The number of halogens is 2. The van der Waals surface area contributed by atoms with Crippen molar-refractivity contribution >= 4 is 15.9 Å². The Balaban J connectivity index is 2.05. The molecular formula is C10H11BrFNO. The largest absolute Gasteiger partial charge is 0.489 e. The standard InChI is InChI=1S/C10H11BrFNO/c11-9-5-7(1-2-10(9)12)14-8-3-4-13-6-8/h1-2,5,8,13H,3-4,6H2/t8-/m0/s1. The molecule has 0 aromatic heterocycles. The molecule has 0 radical (unpaired) electrons. The Kier molecular flexibility index (Phi) is 3.03. The van der Waals surface area contributed by atoms with Crippen LogP contribution in [-0.2, 0) is 0 Å². The van der Waals surface area contributed by atoms with E-state index in [0.717, 1.165) is 19.5 Å². The van der Waals surface area contributed by atoms with E-state index in [2.05, 4.69) is 21.2 Å². The van der Waals surface area contributed by atoms with Crippen LogP contribution in [0.1, 0.15) is 6.42 Å². The predicted molar refractivity (Wildman–Crippen MR) is 56.0 cm³/mol. The van der Waals surface area contributed by atoms with Crippen LogP contribution in [0.25, 0.3) is 0 Å². The first kappa shape index (κ1) is 9.93. The van der Waals surface area contributed by atoms with Gasteiger partial charge in [-0.3, -0.25) is 0 Å². The van der Waals surface area contributed by atoms with Crippen molar-refractivity contribution in [3.63, 3.8) is 0 Å². The molecule has 1 atom stereocenters. The first-order valence-corrected chi connectivity index (χ1v) is 5.37. The summed E-state index contributed by atoms with van der Waals surface area (Å²) in [6.45, 7) is 1.86. The van der Waals surface area contributed by atoms with Gasteiger partial charge in [-0.1, -0.05) is 0 Å². The van der Waals surface area contributed by atoms with Crippen LogP contribution in [0, 0.1) is 5.82 Å². The van der Waals surface area contributed by atoms with Gasteiger partial charge in [-0.05, 0) is 47.1 Å². The van der Waals surface area contributed by atoms with Crippen molar-refractivity contribution < 1.29 is 9.13 Å². The molecule has 0 aliphatic carbocycles. The van der Waals surface area contributed by atoms with Crippen LogP contribution in [0.2, 0.25) is 0 Å². The number of hydrogen-bond acceptors (Lipinski definition) is 2. The van der Waals surface area contributed by atoms with E-state index in [9.17, 15) is 4.39 Å². The average molecular weight is 260 g/mol. The van der Waals surface area contributed by atoms with Gasteiger partial charge in [-0.2, -0.15) is 0 Å². The molecule has 1 aromatic carbocycles. The fourth-order valence-electron chi connectivity index (χ4n) is 1.47. The first-order chi connectivity index (χ1) is 6.75. The lowest BCUT2D eigenvalue weighted by molar-refractivity contribution is 0.222. The smallest absolute Gasteiger partial charge is 0.137 e. The summed E-state index contributed by atoms with van der Waals surface area (Å²) in [5.74, 6) is 0.453. The molecule has 0 unspecified atom stereocenters. The molecule has 1 saturated heterocycles. The van der Waals surface area contributed by atoms with Gasteiger partial charge in [0.2, 0.25) is 0 Å². The van der Waals surface area contributed by atoms with E-state index in [1.54, 1.807) is 12.1 Å². The third kappa shape index (κ3) is 2.25. The highest BCUT2D eigenvalue weighted by Gasteiger charge is 2.16. The van der Waals surface area contributed by atoms with E-state index < -0.39 is 0 Å². The second-order valence-corrected chi connectivity index (χ2v) is 4.16. The van der Waals surface area contributed by atoms with Crippen LogP contribution >= 0.6 is 15.9 Å². The molecule has 1 N–H and O–H groups in total. The van der Waals surface area contributed by atoms with Crippen LogP contribution in [0.4, 0.5) is 4.39 Å². The monoisotopic (exact) mass is 259 g/mol. The van der Waals surface area contributed by atoms with E-state index in [1.807, 2.05) is 0 Å². The van der Waals surface area contributed by atoms with Crippen LogP contribution < -0.4 is 10.1 Å². The molecule has 4 heteroatoms. The molecular weight excluding hydrogens is 249 g/mol. The Bertz CT molecular complexity index is 326. The summed E-state index contributed by atoms with van der Waals surface area (Å²) in [7, 11) is 0. The number of ether oxygens (including phenoxy) is 1. The third-order valence-corrected chi connectivity index (χ3v) is 2.82. The molecule has 1 heterocycles. The lowest BCUT2D eigenvalue weighted by Gasteiger charge is -2.12. The van der Waals surface area contributed by atoms with Gasteiger partial charge in [-0.15, -0.1) is 0 Å². The first-order valence-electron chi connectivity index (χ1n) is 4.58. The number of hydrogen-bond donors (Lipinski definition) is 1. The zero-order chi connectivity index (χ0) is 9.97. The van der Waals surface area contributed by atoms with Crippen LogP contribution in [0.15, 0.2) is 22.7 Å². The van der Waals surface area contributed by atoms with E-state index >= 15 is 0 Å². The zero-order valence-corrected chi connectivity index (χ0v) is 9.18. The maximum Gasteiger partial charge on any atom is 0.137 e. The number of benzene rings is 1. The van der Waals surface area contributed by atoms with E-state index in [0.29, 0.717) is 10.2 Å². The molecule has 1 aliphatic heterocycles. The fourth-order valence-corrected chi connectivity index (χ4v) is 1.83. The minimum atomic E-state index is -0.262. The molecule has 0 amide bonds. The number of rotatable bonds is 2. The van der Waals surface area contributed by atoms with Crippen molar-refractivity contribution in [2.75, 3.05) is 13.1 Å². The quantitative estimate of drug-likeness (QED) is 0.881. The average Bonchev–Trinajstić information content (AvgIpc) is 2.64. The Morgan fingerprint density at radius 3 is 3.00 bits per heavy atom. The minimum absolute atomic E-state index is 0.215. The van der Waals surface area contributed by atoms with Crippen LogP contribution in [0.3, 0.4) is 0 Å². The lowest BCUT2D eigenvalue weighted by Crippen LogP contribution is -2.19. The van der Waals surface area contributed by atoms with Gasteiger partial charge < -0.3 is 10.1 Å².